The predicted octanol–water partition coefficient (Wildman–Crippen LogP) is 4.83. The summed E-state index contributed by atoms with van der Waals surface area (Å²) in [6, 6.07) is 26.0. The Labute approximate surface area is 223 Å². The zero-order valence-corrected chi connectivity index (χ0v) is 21.6. The van der Waals surface area contributed by atoms with Gasteiger partial charge >= 0.3 is 12.2 Å². The van der Waals surface area contributed by atoms with E-state index in [9.17, 15) is 9.59 Å². The van der Waals surface area contributed by atoms with Gasteiger partial charge in [-0.3, -0.25) is 0 Å². The zero-order valence-electron chi connectivity index (χ0n) is 21.6. The quantitative estimate of drug-likeness (QED) is 0.326. The fourth-order valence-corrected chi connectivity index (χ4v) is 4.32. The second-order valence-electron chi connectivity index (χ2n) is 8.94. The summed E-state index contributed by atoms with van der Waals surface area (Å²) in [5.74, 6) is 0.0355. The first-order valence-electron chi connectivity index (χ1n) is 12.8. The van der Waals surface area contributed by atoms with Crippen LogP contribution in [0.1, 0.15) is 22.6 Å². The number of hydrogen-bond acceptors (Lipinski definition) is 6. The molecule has 38 heavy (non-hydrogen) atoms. The molecule has 200 valence electrons. The summed E-state index contributed by atoms with van der Waals surface area (Å²) in [6.45, 7) is 2.76. The van der Waals surface area contributed by atoms with E-state index in [1.807, 2.05) is 54.6 Å². The van der Waals surface area contributed by atoms with Crippen molar-refractivity contribution in [1.29, 1.82) is 0 Å². The molecule has 0 fully saturated rings. The van der Waals surface area contributed by atoms with Crippen LogP contribution in [0.2, 0.25) is 0 Å². The molecule has 0 saturated heterocycles. The molecule has 1 N–H and O–H groups in total. The first-order valence-corrected chi connectivity index (χ1v) is 12.8. The van der Waals surface area contributed by atoms with Crippen molar-refractivity contribution in [3.63, 3.8) is 0 Å². The maximum absolute atomic E-state index is 12.5. The first kappa shape index (κ1) is 27.2. The fourth-order valence-electron chi connectivity index (χ4n) is 4.32. The molecule has 0 bridgehead atoms. The second kappa shape index (κ2) is 14.2. The van der Waals surface area contributed by atoms with Crippen LogP contribution in [0.4, 0.5) is 9.59 Å². The van der Waals surface area contributed by atoms with Gasteiger partial charge in [-0.25, -0.2) is 9.59 Å². The summed E-state index contributed by atoms with van der Waals surface area (Å²) in [5, 5.41) is 2.64. The highest BCUT2D eigenvalue weighted by atomic mass is 16.6. The average Bonchev–Trinajstić information content (AvgIpc) is 3.28. The van der Waals surface area contributed by atoms with Crippen molar-refractivity contribution in [2.45, 2.75) is 12.5 Å². The lowest BCUT2D eigenvalue weighted by atomic mass is 9.98. The topological polar surface area (TPSA) is 86.3 Å². The van der Waals surface area contributed by atoms with Gasteiger partial charge in [0.25, 0.3) is 0 Å². The number of nitrogens with zero attached hydrogens (tertiary/aromatic N) is 1. The van der Waals surface area contributed by atoms with Crippen molar-refractivity contribution in [3.05, 3.63) is 95.6 Å². The Morgan fingerprint density at radius 3 is 2.05 bits per heavy atom. The molecular formula is C30H34N2O6. The van der Waals surface area contributed by atoms with E-state index in [1.165, 1.54) is 27.2 Å². The van der Waals surface area contributed by atoms with Crippen LogP contribution < -0.4 is 5.32 Å². The number of likely N-dealkylation sites (N-methyl/N-ethyl adjacent to an activating group) is 1. The van der Waals surface area contributed by atoms with Crippen LogP contribution in [-0.4, -0.2) is 70.3 Å². The molecule has 8 nitrogen and oxygen atoms in total. The monoisotopic (exact) mass is 518 g/mol. The van der Waals surface area contributed by atoms with Crippen LogP contribution in [0.5, 0.6) is 0 Å². The molecule has 3 aromatic carbocycles. The molecule has 0 heterocycles. The number of alkyl carbamates (subject to hydrolysis) is 1. The predicted molar refractivity (Wildman–Crippen MR) is 144 cm³/mol. The van der Waals surface area contributed by atoms with E-state index in [4.69, 9.17) is 18.9 Å². The van der Waals surface area contributed by atoms with Crippen molar-refractivity contribution in [2.75, 3.05) is 53.2 Å². The molecule has 0 unspecified atom stereocenters. The summed E-state index contributed by atoms with van der Waals surface area (Å²) in [7, 11) is 1.70. The zero-order chi connectivity index (χ0) is 26.6. The molecule has 1 aliphatic rings. The molecule has 3 aromatic rings. The number of rotatable bonds is 13. The molecule has 0 aliphatic heterocycles. The van der Waals surface area contributed by atoms with Crippen LogP contribution in [-0.2, 0) is 25.6 Å². The van der Waals surface area contributed by atoms with Crippen molar-refractivity contribution in [1.82, 2.24) is 10.2 Å². The number of ether oxygens (including phenoxy) is 4. The Bertz CT molecular complexity index is 1140. The van der Waals surface area contributed by atoms with E-state index in [0.29, 0.717) is 46.1 Å². The van der Waals surface area contributed by atoms with Crippen molar-refractivity contribution in [2.24, 2.45) is 0 Å². The Balaban J connectivity index is 1.04. The standard InChI is InChI=1S/C30H34N2O6/c1-32(16-18-36-20-19-35-17-15-31-29(33)37-21-23-9-3-2-4-10-23)30(34)38-22-28-26-13-7-5-11-24(26)25-12-6-8-14-27(25)28/h2-14,28H,15-22H2,1H3,(H,31,33). The molecular weight excluding hydrogens is 484 g/mol. The number of nitrogens with one attached hydrogen (secondary N) is 1. The van der Waals surface area contributed by atoms with Crippen LogP contribution >= 0.6 is 0 Å². The third kappa shape index (κ3) is 7.57. The van der Waals surface area contributed by atoms with Gasteiger partial charge in [0.2, 0.25) is 0 Å². The van der Waals surface area contributed by atoms with Crippen LogP contribution in [0.3, 0.4) is 0 Å². The number of benzene rings is 3. The Morgan fingerprint density at radius 1 is 0.763 bits per heavy atom. The Morgan fingerprint density at radius 2 is 1.37 bits per heavy atom. The van der Waals surface area contributed by atoms with Crippen LogP contribution in [0.25, 0.3) is 11.1 Å². The molecule has 0 saturated carbocycles. The van der Waals surface area contributed by atoms with Crippen molar-refractivity contribution >= 4 is 12.2 Å². The molecule has 0 aromatic heterocycles. The normalized spacial score (nSPS) is 11.9. The SMILES string of the molecule is CN(CCOCCOCCNC(=O)OCc1ccccc1)C(=O)OCC1c2ccccc2-c2ccccc21. The van der Waals surface area contributed by atoms with Gasteiger partial charge in [0.15, 0.2) is 0 Å². The van der Waals surface area contributed by atoms with Crippen LogP contribution in [0.15, 0.2) is 78.9 Å². The minimum absolute atomic E-state index is 0.0355. The molecule has 8 heteroatoms. The second-order valence-corrected chi connectivity index (χ2v) is 8.94. The molecule has 0 atom stereocenters. The number of hydrogen-bond donors (Lipinski definition) is 1. The lowest BCUT2D eigenvalue weighted by Gasteiger charge is -2.19. The van der Waals surface area contributed by atoms with Gasteiger partial charge < -0.3 is 29.2 Å². The van der Waals surface area contributed by atoms with E-state index < -0.39 is 6.09 Å². The van der Waals surface area contributed by atoms with Gasteiger partial charge in [-0.15, -0.1) is 0 Å². The van der Waals surface area contributed by atoms with E-state index in [2.05, 4.69) is 29.6 Å². The van der Waals surface area contributed by atoms with Crippen LogP contribution in [0, 0.1) is 0 Å². The smallest absolute Gasteiger partial charge is 0.409 e. The number of carbonyl (C=O) groups is 2. The lowest BCUT2D eigenvalue weighted by molar-refractivity contribution is 0.0386. The summed E-state index contributed by atoms with van der Waals surface area (Å²) >= 11 is 0. The largest absolute Gasteiger partial charge is 0.448 e. The molecule has 2 amide bonds. The number of amides is 2. The summed E-state index contributed by atoms with van der Waals surface area (Å²) in [4.78, 5) is 25.7. The maximum atomic E-state index is 12.5. The van der Waals surface area contributed by atoms with Gasteiger partial charge in [0, 0.05) is 26.1 Å². The Hall–Kier alpha value is -3.88. The van der Waals surface area contributed by atoms with Gasteiger partial charge in [-0.2, -0.15) is 0 Å². The fraction of sp³-hybridized carbons (Fsp3) is 0.333. The van der Waals surface area contributed by atoms with Gasteiger partial charge in [-0.1, -0.05) is 78.9 Å². The molecule has 1 aliphatic carbocycles. The number of fused-ring (bicyclic) bond motifs is 3. The van der Waals surface area contributed by atoms with E-state index in [0.717, 1.165) is 5.56 Å². The van der Waals surface area contributed by atoms with Gasteiger partial charge in [0.1, 0.15) is 13.2 Å². The average molecular weight is 519 g/mol. The first-order chi connectivity index (χ1) is 18.6. The maximum Gasteiger partial charge on any atom is 0.409 e. The van der Waals surface area contributed by atoms with Crippen molar-refractivity contribution in [3.8, 4) is 11.1 Å². The third-order valence-electron chi connectivity index (χ3n) is 6.32. The van der Waals surface area contributed by atoms with E-state index in [1.54, 1.807) is 7.05 Å². The van der Waals surface area contributed by atoms with Crippen molar-refractivity contribution < 1.29 is 28.5 Å². The highest BCUT2D eigenvalue weighted by molar-refractivity contribution is 5.79. The summed E-state index contributed by atoms with van der Waals surface area (Å²) in [5.41, 5.74) is 5.71. The highest BCUT2D eigenvalue weighted by Gasteiger charge is 2.29. The van der Waals surface area contributed by atoms with Gasteiger partial charge in [-0.05, 0) is 27.8 Å². The van der Waals surface area contributed by atoms with E-state index in [-0.39, 0.29) is 18.6 Å². The van der Waals surface area contributed by atoms with E-state index >= 15 is 0 Å². The Kier molecular flexibility index (Phi) is 10.1. The third-order valence-corrected chi connectivity index (χ3v) is 6.32. The van der Waals surface area contributed by atoms with Gasteiger partial charge in [0.05, 0.1) is 26.4 Å². The lowest BCUT2D eigenvalue weighted by Crippen LogP contribution is -2.32. The minimum Gasteiger partial charge on any atom is -0.448 e. The summed E-state index contributed by atoms with van der Waals surface area (Å²) < 4.78 is 21.8. The molecule has 0 spiro atoms. The summed E-state index contributed by atoms with van der Waals surface area (Å²) in [6.07, 6.45) is -0.859. The molecule has 0 radical (unpaired) electrons. The number of carbonyl (C=O) groups excluding carboxylic acids is 2. The highest BCUT2D eigenvalue weighted by Crippen LogP contribution is 2.44. The minimum atomic E-state index is -0.482. The molecule has 4 rings (SSSR count).